The van der Waals surface area contributed by atoms with Crippen LogP contribution in [0.3, 0.4) is 0 Å². The normalized spacial score (nSPS) is 10.7. The van der Waals surface area contributed by atoms with Crippen LogP contribution < -0.4 is 0 Å². The van der Waals surface area contributed by atoms with Crippen molar-refractivity contribution in [3.05, 3.63) is 84.8 Å². The molecule has 0 amide bonds. The maximum absolute atomic E-state index is 4.27. The van der Waals surface area contributed by atoms with E-state index in [1.165, 1.54) is 21.7 Å². The molecule has 116 valence electrons. The minimum absolute atomic E-state index is 1.05. The number of aromatic amines is 1. The second-order valence-corrected chi connectivity index (χ2v) is 5.69. The second kappa shape index (κ2) is 6.13. The summed E-state index contributed by atoms with van der Waals surface area (Å²) in [4.78, 5) is 11.8. The van der Waals surface area contributed by atoms with Gasteiger partial charge in [-0.3, -0.25) is 9.97 Å². The molecule has 24 heavy (non-hydrogen) atoms. The smallest absolute Gasteiger partial charge is 0.0701 e. The van der Waals surface area contributed by atoms with Crippen molar-refractivity contribution in [2.24, 2.45) is 0 Å². The zero-order valence-corrected chi connectivity index (χ0v) is 13.4. The number of fused-ring (bicyclic) bond motifs is 4. The fourth-order valence-electron chi connectivity index (χ4n) is 2.93. The Labute approximate surface area is 140 Å². The molecular formula is C21H17N3. The van der Waals surface area contributed by atoms with Gasteiger partial charge in [-0.15, -0.1) is 0 Å². The van der Waals surface area contributed by atoms with Gasteiger partial charge in [0.05, 0.1) is 16.7 Å². The number of para-hydroxylation sites is 2. The quantitative estimate of drug-likeness (QED) is 0.424. The molecule has 0 fully saturated rings. The molecule has 0 saturated carbocycles. The molecule has 0 spiro atoms. The van der Waals surface area contributed by atoms with Crippen LogP contribution in [0.1, 0.15) is 5.69 Å². The molecule has 3 heterocycles. The summed E-state index contributed by atoms with van der Waals surface area (Å²) in [5, 5.41) is 3.73. The summed E-state index contributed by atoms with van der Waals surface area (Å²) in [5.74, 6) is 0. The fourth-order valence-corrected chi connectivity index (χ4v) is 2.93. The van der Waals surface area contributed by atoms with Crippen LogP contribution in [-0.2, 0) is 0 Å². The fraction of sp³-hybridized carbons (Fsp3) is 0.0476. The standard InChI is InChI=1S/C12H10N2.C9H7N/c1-8-12-10(6-7-13-8)9-4-2-3-5-11(9)14-12;1-2-6-9-8(4-1)5-3-7-10-9/h2-7,14H,1H3;1-7H. The van der Waals surface area contributed by atoms with E-state index in [4.69, 9.17) is 0 Å². The molecule has 5 rings (SSSR count). The topological polar surface area (TPSA) is 41.6 Å². The molecule has 0 radical (unpaired) electrons. The first-order chi connectivity index (χ1) is 11.8. The summed E-state index contributed by atoms with van der Waals surface area (Å²) in [6, 6.07) is 22.5. The monoisotopic (exact) mass is 311 g/mol. The number of pyridine rings is 2. The molecule has 0 bridgehead atoms. The Morgan fingerprint density at radius 3 is 2.42 bits per heavy atom. The van der Waals surface area contributed by atoms with Crippen LogP contribution in [0.25, 0.3) is 32.7 Å². The predicted molar refractivity (Wildman–Crippen MR) is 100 cm³/mol. The Bertz CT molecular complexity index is 1060. The van der Waals surface area contributed by atoms with Crippen LogP contribution in [0.5, 0.6) is 0 Å². The van der Waals surface area contributed by atoms with Gasteiger partial charge in [-0.2, -0.15) is 0 Å². The van der Waals surface area contributed by atoms with Crippen LogP contribution >= 0.6 is 0 Å². The SMILES string of the molecule is Cc1nccc2c1[nH]c1ccccc12.c1ccc2ncccc2c1. The zero-order valence-electron chi connectivity index (χ0n) is 13.4. The number of rotatable bonds is 0. The van der Waals surface area contributed by atoms with Crippen LogP contribution in [0, 0.1) is 6.92 Å². The van der Waals surface area contributed by atoms with E-state index in [-0.39, 0.29) is 0 Å². The molecule has 1 N–H and O–H groups in total. The highest BCUT2D eigenvalue weighted by Gasteiger charge is 2.04. The molecule has 0 aliphatic carbocycles. The lowest BCUT2D eigenvalue weighted by Crippen LogP contribution is -1.79. The van der Waals surface area contributed by atoms with Crippen molar-refractivity contribution in [1.82, 2.24) is 15.0 Å². The molecule has 0 aliphatic heterocycles. The van der Waals surface area contributed by atoms with E-state index in [0.717, 1.165) is 16.7 Å². The molecule has 3 aromatic heterocycles. The molecular weight excluding hydrogens is 294 g/mol. The van der Waals surface area contributed by atoms with E-state index in [9.17, 15) is 0 Å². The number of benzene rings is 2. The first-order valence-corrected chi connectivity index (χ1v) is 7.95. The summed E-state index contributed by atoms with van der Waals surface area (Å²) in [6.07, 6.45) is 3.67. The Morgan fingerprint density at radius 1 is 0.708 bits per heavy atom. The van der Waals surface area contributed by atoms with E-state index in [1.807, 2.05) is 49.6 Å². The number of nitrogens with zero attached hydrogens (tertiary/aromatic N) is 2. The third kappa shape index (κ3) is 2.61. The third-order valence-corrected chi connectivity index (χ3v) is 4.13. The van der Waals surface area contributed by atoms with Crippen molar-refractivity contribution < 1.29 is 0 Å². The minimum Gasteiger partial charge on any atom is -0.353 e. The number of nitrogens with one attached hydrogen (secondary N) is 1. The molecule has 0 saturated heterocycles. The van der Waals surface area contributed by atoms with Crippen LogP contribution in [0.2, 0.25) is 0 Å². The summed E-state index contributed by atoms with van der Waals surface area (Å²) in [6.45, 7) is 2.03. The summed E-state index contributed by atoms with van der Waals surface area (Å²) >= 11 is 0. The average Bonchev–Trinajstić information content (AvgIpc) is 3.03. The van der Waals surface area contributed by atoms with Crippen molar-refractivity contribution in [2.45, 2.75) is 6.92 Å². The van der Waals surface area contributed by atoms with E-state index in [2.05, 4.69) is 51.4 Å². The van der Waals surface area contributed by atoms with Gasteiger partial charge in [-0.05, 0) is 31.2 Å². The van der Waals surface area contributed by atoms with Gasteiger partial charge in [-0.1, -0.05) is 42.5 Å². The lowest BCUT2D eigenvalue weighted by atomic mass is 10.2. The predicted octanol–water partition coefficient (Wildman–Crippen LogP) is 5.26. The molecule has 0 aliphatic rings. The van der Waals surface area contributed by atoms with Gasteiger partial charge in [0.25, 0.3) is 0 Å². The van der Waals surface area contributed by atoms with Crippen LogP contribution in [-0.4, -0.2) is 15.0 Å². The lowest BCUT2D eigenvalue weighted by molar-refractivity contribution is 1.22. The van der Waals surface area contributed by atoms with Gasteiger partial charge < -0.3 is 4.98 Å². The molecule has 0 atom stereocenters. The van der Waals surface area contributed by atoms with Crippen LogP contribution in [0.4, 0.5) is 0 Å². The van der Waals surface area contributed by atoms with Gasteiger partial charge in [0.1, 0.15) is 0 Å². The Morgan fingerprint density at radius 2 is 1.50 bits per heavy atom. The average molecular weight is 311 g/mol. The maximum atomic E-state index is 4.27. The first kappa shape index (κ1) is 14.4. The number of hydrogen-bond acceptors (Lipinski definition) is 2. The Hall–Kier alpha value is -3.20. The van der Waals surface area contributed by atoms with Gasteiger partial charge >= 0.3 is 0 Å². The lowest BCUT2D eigenvalue weighted by Gasteiger charge is -1.92. The van der Waals surface area contributed by atoms with Gasteiger partial charge in [-0.25, -0.2) is 0 Å². The number of aryl methyl sites for hydroxylation is 1. The highest BCUT2D eigenvalue weighted by Crippen LogP contribution is 2.25. The zero-order chi connectivity index (χ0) is 16.4. The highest BCUT2D eigenvalue weighted by atomic mass is 14.8. The molecule has 5 aromatic rings. The molecule has 3 heteroatoms. The van der Waals surface area contributed by atoms with Gasteiger partial charge in [0.2, 0.25) is 0 Å². The maximum Gasteiger partial charge on any atom is 0.0701 e. The summed E-state index contributed by atoms with van der Waals surface area (Å²) in [5.41, 5.74) is 4.44. The van der Waals surface area contributed by atoms with Gasteiger partial charge in [0, 0.05) is 34.1 Å². The van der Waals surface area contributed by atoms with Crippen molar-refractivity contribution >= 4 is 32.7 Å². The largest absolute Gasteiger partial charge is 0.353 e. The van der Waals surface area contributed by atoms with Crippen molar-refractivity contribution in [1.29, 1.82) is 0 Å². The van der Waals surface area contributed by atoms with Crippen LogP contribution in [0.15, 0.2) is 79.1 Å². The molecule has 2 aromatic carbocycles. The number of hydrogen-bond donors (Lipinski definition) is 1. The summed E-state index contributed by atoms with van der Waals surface area (Å²) in [7, 11) is 0. The van der Waals surface area contributed by atoms with E-state index in [1.54, 1.807) is 0 Å². The van der Waals surface area contributed by atoms with E-state index < -0.39 is 0 Å². The molecule has 0 unspecified atom stereocenters. The van der Waals surface area contributed by atoms with Crippen molar-refractivity contribution in [3.63, 3.8) is 0 Å². The van der Waals surface area contributed by atoms with Crippen molar-refractivity contribution in [2.75, 3.05) is 0 Å². The highest BCUT2D eigenvalue weighted by molar-refractivity contribution is 6.07. The minimum atomic E-state index is 1.05. The third-order valence-electron chi connectivity index (χ3n) is 4.13. The Balaban J connectivity index is 0.000000129. The summed E-state index contributed by atoms with van der Waals surface area (Å²) < 4.78 is 0. The van der Waals surface area contributed by atoms with Crippen molar-refractivity contribution in [3.8, 4) is 0 Å². The first-order valence-electron chi connectivity index (χ1n) is 7.95. The molecule has 3 nitrogen and oxygen atoms in total. The van der Waals surface area contributed by atoms with Gasteiger partial charge in [0.15, 0.2) is 0 Å². The number of H-pyrrole nitrogens is 1. The van der Waals surface area contributed by atoms with E-state index >= 15 is 0 Å². The number of aromatic nitrogens is 3. The Kier molecular flexibility index (Phi) is 3.67. The second-order valence-electron chi connectivity index (χ2n) is 5.69. The van der Waals surface area contributed by atoms with E-state index in [0.29, 0.717) is 0 Å².